The number of fused-ring (bicyclic) bond motifs is 1. The Balaban J connectivity index is 1.81. The van der Waals surface area contributed by atoms with Gasteiger partial charge in [-0.15, -0.1) is 5.10 Å². The maximum Gasteiger partial charge on any atom is 0.434 e. The van der Waals surface area contributed by atoms with Crippen molar-refractivity contribution in [3.8, 4) is 5.75 Å². The molecule has 0 aliphatic heterocycles. The zero-order valence-electron chi connectivity index (χ0n) is 19.5. The molecule has 12 heteroatoms. The molecule has 0 saturated carbocycles. The number of anilines is 1. The van der Waals surface area contributed by atoms with Gasteiger partial charge in [0.2, 0.25) is 15.9 Å². The first kappa shape index (κ1) is 24.5. The molecule has 35 heavy (non-hydrogen) atoms. The van der Waals surface area contributed by atoms with Crippen LogP contribution in [-0.4, -0.2) is 38.8 Å². The molecule has 186 valence electrons. The first-order valence-electron chi connectivity index (χ1n) is 10.9. The number of aryl methyl sites for hydroxylation is 1. The standard InChI is InChI=1S/C23H26N4O7S/c1-12(14-8-4-6-13-7-5-9-15(13)14)19(21-25-26-23(29)34-21)27-35(30,31)17-11-10-16(24)18(20(17)32-2)22(28)33-3/h4,6,8,10-12,19,27H,5,7,9,24H2,1-3H3,(H,26,29). The van der Waals surface area contributed by atoms with E-state index < -0.39 is 33.7 Å². The number of nitrogens with two attached hydrogens (primary N) is 1. The number of hydrogen-bond donors (Lipinski definition) is 3. The maximum atomic E-state index is 13.6. The summed E-state index contributed by atoms with van der Waals surface area (Å²) in [6.07, 6.45) is 2.82. The number of carbonyl (C=O) groups excluding carboxylic acids is 1. The van der Waals surface area contributed by atoms with E-state index in [0.29, 0.717) is 0 Å². The topological polar surface area (TPSA) is 167 Å². The van der Waals surface area contributed by atoms with E-state index in [0.717, 1.165) is 37.5 Å². The molecule has 0 amide bonds. The molecule has 1 heterocycles. The largest absolute Gasteiger partial charge is 0.494 e. The summed E-state index contributed by atoms with van der Waals surface area (Å²) in [5, 5.41) is 6.08. The van der Waals surface area contributed by atoms with Gasteiger partial charge in [0, 0.05) is 5.92 Å². The molecule has 11 nitrogen and oxygen atoms in total. The number of nitrogen functional groups attached to an aromatic ring is 1. The number of nitrogens with one attached hydrogen (secondary N) is 2. The van der Waals surface area contributed by atoms with Crippen molar-refractivity contribution in [3.63, 3.8) is 0 Å². The van der Waals surface area contributed by atoms with E-state index in [1.807, 2.05) is 19.1 Å². The van der Waals surface area contributed by atoms with Gasteiger partial charge >= 0.3 is 11.7 Å². The number of hydrogen-bond acceptors (Lipinski definition) is 9. The van der Waals surface area contributed by atoms with Crippen LogP contribution in [0.5, 0.6) is 5.75 Å². The highest BCUT2D eigenvalue weighted by Crippen LogP contribution is 2.38. The van der Waals surface area contributed by atoms with Gasteiger partial charge in [0.25, 0.3) is 0 Å². The quantitative estimate of drug-likeness (QED) is 0.308. The molecule has 0 saturated heterocycles. The van der Waals surface area contributed by atoms with Crippen LogP contribution < -0.4 is 20.9 Å². The van der Waals surface area contributed by atoms with E-state index in [-0.39, 0.29) is 27.8 Å². The average molecular weight is 503 g/mol. The van der Waals surface area contributed by atoms with Crippen LogP contribution in [0.15, 0.2) is 44.4 Å². The number of sulfonamides is 1. The third-order valence-corrected chi connectivity index (χ3v) is 7.68. The number of ether oxygens (including phenoxy) is 2. The summed E-state index contributed by atoms with van der Waals surface area (Å²) in [5.41, 5.74) is 8.97. The van der Waals surface area contributed by atoms with Gasteiger partial charge in [0.15, 0.2) is 5.75 Å². The molecule has 4 N–H and O–H groups in total. The summed E-state index contributed by atoms with van der Waals surface area (Å²) < 4.78 is 45.0. The van der Waals surface area contributed by atoms with Crippen molar-refractivity contribution in [3.05, 3.63) is 69.0 Å². The highest BCUT2D eigenvalue weighted by Gasteiger charge is 2.35. The summed E-state index contributed by atoms with van der Waals surface area (Å²) in [5.74, 6) is -2.50. The lowest BCUT2D eigenvalue weighted by Crippen LogP contribution is -2.33. The number of H-pyrrole nitrogens is 1. The molecule has 1 aliphatic rings. The first-order valence-corrected chi connectivity index (χ1v) is 12.4. The van der Waals surface area contributed by atoms with Crippen molar-refractivity contribution in [2.45, 2.75) is 43.0 Å². The lowest BCUT2D eigenvalue weighted by molar-refractivity contribution is 0.0598. The highest BCUT2D eigenvalue weighted by molar-refractivity contribution is 7.89. The third kappa shape index (κ3) is 4.54. The van der Waals surface area contributed by atoms with E-state index in [1.54, 1.807) is 0 Å². The number of benzene rings is 2. The number of esters is 1. The molecule has 0 bridgehead atoms. The van der Waals surface area contributed by atoms with Crippen molar-refractivity contribution >= 4 is 21.7 Å². The Kier molecular flexibility index (Phi) is 6.68. The normalized spacial score (nSPS) is 14.8. The SMILES string of the molecule is COC(=O)c1c(N)ccc(S(=O)(=O)NC(c2n[nH]c(=O)o2)C(C)c2cccc3c2CCC3)c1OC. The van der Waals surface area contributed by atoms with Gasteiger partial charge in [-0.3, -0.25) is 0 Å². The second kappa shape index (κ2) is 9.55. The summed E-state index contributed by atoms with van der Waals surface area (Å²) in [4.78, 5) is 23.7. The number of aromatic amines is 1. The number of aromatic nitrogens is 2. The highest BCUT2D eigenvalue weighted by atomic mass is 32.2. The van der Waals surface area contributed by atoms with Crippen molar-refractivity contribution in [2.75, 3.05) is 20.0 Å². The Bertz CT molecular complexity index is 1430. The minimum absolute atomic E-state index is 0.00397. The zero-order valence-corrected chi connectivity index (χ0v) is 20.3. The van der Waals surface area contributed by atoms with Crippen LogP contribution in [0.3, 0.4) is 0 Å². The minimum Gasteiger partial charge on any atom is -0.494 e. The summed E-state index contributed by atoms with van der Waals surface area (Å²) in [6.45, 7) is 1.83. The third-order valence-electron chi connectivity index (χ3n) is 6.21. The lowest BCUT2D eigenvalue weighted by Gasteiger charge is -2.25. The van der Waals surface area contributed by atoms with Crippen molar-refractivity contribution in [1.29, 1.82) is 0 Å². The summed E-state index contributed by atoms with van der Waals surface area (Å²) in [7, 11) is -1.97. The fourth-order valence-electron chi connectivity index (χ4n) is 4.53. The second-order valence-electron chi connectivity index (χ2n) is 8.23. The lowest BCUT2D eigenvalue weighted by atomic mass is 9.88. The van der Waals surface area contributed by atoms with E-state index in [9.17, 15) is 18.0 Å². The van der Waals surface area contributed by atoms with Gasteiger partial charge in [0.1, 0.15) is 16.5 Å². The molecule has 2 aromatic carbocycles. The van der Waals surface area contributed by atoms with Crippen LogP contribution in [0.2, 0.25) is 0 Å². The van der Waals surface area contributed by atoms with Gasteiger partial charge in [-0.25, -0.2) is 23.1 Å². The Labute approximate surface area is 201 Å². The van der Waals surface area contributed by atoms with E-state index >= 15 is 0 Å². The second-order valence-corrected chi connectivity index (χ2v) is 9.91. The van der Waals surface area contributed by atoms with Crippen molar-refractivity contribution in [1.82, 2.24) is 14.9 Å². The number of nitrogens with zero attached hydrogens (tertiary/aromatic N) is 1. The summed E-state index contributed by atoms with van der Waals surface area (Å²) in [6, 6.07) is 7.37. The van der Waals surface area contributed by atoms with Crippen LogP contribution in [0.4, 0.5) is 5.69 Å². The zero-order chi connectivity index (χ0) is 25.3. The van der Waals surface area contributed by atoms with Gasteiger partial charge in [-0.2, -0.15) is 4.72 Å². The fraction of sp³-hybridized carbons (Fsp3) is 0.348. The molecule has 1 aliphatic carbocycles. The first-order chi connectivity index (χ1) is 16.7. The van der Waals surface area contributed by atoms with Crippen LogP contribution >= 0.6 is 0 Å². The van der Waals surface area contributed by atoms with Crippen molar-refractivity contribution in [2.24, 2.45) is 0 Å². The van der Waals surface area contributed by atoms with Gasteiger partial charge in [-0.05, 0) is 48.1 Å². The molecular formula is C23H26N4O7S. The van der Waals surface area contributed by atoms with E-state index in [2.05, 4.69) is 21.0 Å². The van der Waals surface area contributed by atoms with Crippen molar-refractivity contribution < 1.29 is 27.1 Å². The van der Waals surface area contributed by atoms with Crippen LogP contribution in [0, 0.1) is 0 Å². The maximum absolute atomic E-state index is 13.6. The Hall–Kier alpha value is -3.64. The Morgan fingerprint density at radius 2 is 2.00 bits per heavy atom. The summed E-state index contributed by atoms with van der Waals surface area (Å²) >= 11 is 0. The molecule has 0 fully saturated rings. The smallest absolute Gasteiger partial charge is 0.434 e. The Morgan fingerprint density at radius 1 is 1.23 bits per heavy atom. The van der Waals surface area contributed by atoms with Crippen LogP contribution in [0.1, 0.15) is 58.2 Å². The van der Waals surface area contributed by atoms with Crippen LogP contribution in [0.25, 0.3) is 0 Å². The van der Waals surface area contributed by atoms with Gasteiger partial charge in [-0.1, -0.05) is 25.1 Å². The monoisotopic (exact) mass is 502 g/mol. The molecule has 2 atom stereocenters. The minimum atomic E-state index is -4.34. The molecule has 4 rings (SSSR count). The predicted molar refractivity (Wildman–Crippen MR) is 126 cm³/mol. The molecule has 2 unspecified atom stereocenters. The molecular weight excluding hydrogens is 476 g/mol. The number of rotatable bonds is 8. The van der Waals surface area contributed by atoms with Gasteiger partial charge < -0.3 is 19.6 Å². The van der Waals surface area contributed by atoms with Crippen LogP contribution in [-0.2, 0) is 27.6 Å². The number of carbonyl (C=O) groups is 1. The van der Waals surface area contributed by atoms with E-state index in [1.165, 1.54) is 24.8 Å². The van der Waals surface area contributed by atoms with E-state index in [4.69, 9.17) is 19.6 Å². The molecule has 0 spiro atoms. The average Bonchev–Trinajstić information content (AvgIpc) is 3.50. The Morgan fingerprint density at radius 3 is 2.66 bits per heavy atom. The predicted octanol–water partition coefficient (Wildman–Crippen LogP) is 2.05. The number of methoxy groups -OCH3 is 2. The van der Waals surface area contributed by atoms with Gasteiger partial charge in [0.05, 0.1) is 19.9 Å². The molecule has 3 aromatic rings. The molecule has 0 radical (unpaired) electrons. The molecule has 1 aromatic heterocycles. The fourth-order valence-corrected chi connectivity index (χ4v) is 5.98.